The minimum Gasteiger partial charge on any atom is -0.389 e. The highest BCUT2D eigenvalue weighted by molar-refractivity contribution is 7.80. The lowest BCUT2D eigenvalue weighted by Gasteiger charge is -2.09. The molecule has 1 aromatic heterocycles. The van der Waals surface area contributed by atoms with E-state index in [1.165, 1.54) is 18.7 Å². The second kappa shape index (κ2) is 5.33. The molecule has 0 aliphatic carbocycles. The lowest BCUT2D eigenvalue weighted by atomic mass is 10.1. The van der Waals surface area contributed by atoms with Crippen molar-refractivity contribution in [2.24, 2.45) is 5.73 Å². The molecule has 0 aliphatic heterocycles. The number of hydrogen-bond donors (Lipinski definition) is 2. The van der Waals surface area contributed by atoms with Gasteiger partial charge in [-0.25, -0.2) is 9.97 Å². The zero-order valence-electron chi connectivity index (χ0n) is 9.33. The predicted octanol–water partition coefficient (Wildman–Crippen LogP) is 1.36. The Balaban J connectivity index is 2.25. The number of anilines is 1. The Hall–Kier alpha value is -2.34. The number of nitrogens with two attached hydrogens (primary N) is 1. The maximum absolute atomic E-state index is 11.9. The minimum atomic E-state index is -0.306. The molecular weight excluding hydrogens is 248 g/mol. The summed E-state index contributed by atoms with van der Waals surface area (Å²) in [6.45, 7) is 0. The number of amides is 1. The fraction of sp³-hybridized carbons (Fsp3) is 0. The normalized spacial score (nSPS) is 9.78. The smallest absolute Gasteiger partial charge is 0.258 e. The first-order chi connectivity index (χ1) is 8.68. The van der Waals surface area contributed by atoms with Crippen LogP contribution in [0.1, 0.15) is 15.9 Å². The fourth-order valence-electron chi connectivity index (χ4n) is 1.42. The number of carbonyl (C=O) groups is 1. The van der Waals surface area contributed by atoms with E-state index in [-0.39, 0.29) is 10.9 Å². The summed E-state index contributed by atoms with van der Waals surface area (Å²) in [7, 11) is 0. The highest BCUT2D eigenvalue weighted by atomic mass is 32.1. The summed E-state index contributed by atoms with van der Waals surface area (Å²) in [5.74, 6) is -0.306. The van der Waals surface area contributed by atoms with E-state index in [9.17, 15) is 4.79 Å². The molecule has 0 atom stereocenters. The van der Waals surface area contributed by atoms with Crippen LogP contribution in [0.4, 0.5) is 5.69 Å². The van der Waals surface area contributed by atoms with Gasteiger partial charge in [0.2, 0.25) is 0 Å². The highest BCUT2D eigenvalue weighted by Gasteiger charge is 2.10. The van der Waals surface area contributed by atoms with E-state index in [0.29, 0.717) is 16.8 Å². The molecule has 6 heteroatoms. The largest absolute Gasteiger partial charge is 0.389 e. The van der Waals surface area contributed by atoms with Crippen LogP contribution in [0.5, 0.6) is 0 Å². The molecule has 5 nitrogen and oxygen atoms in total. The lowest BCUT2D eigenvalue weighted by Crippen LogP contribution is -2.17. The van der Waals surface area contributed by atoms with Gasteiger partial charge < -0.3 is 11.1 Å². The van der Waals surface area contributed by atoms with Crippen molar-refractivity contribution in [3.63, 3.8) is 0 Å². The van der Waals surface area contributed by atoms with Crippen LogP contribution < -0.4 is 11.1 Å². The predicted molar refractivity (Wildman–Crippen MR) is 72.3 cm³/mol. The van der Waals surface area contributed by atoms with Gasteiger partial charge >= 0.3 is 0 Å². The van der Waals surface area contributed by atoms with E-state index in [1.807, 2.05) is 0 Å². The van der Waals surface area contributed by atoms with E-state index in [4.69, 9.17) is 18.0 Å². The first-order valence-electron chi connectivity index (χ1n) is 5.13. The molecule has 90 valence electrons. The van der Waals surface area contributed by atoms with Gasteiger partial charge in [0.05, 0.1) is 11.3 Å². The number of aromatic nitrogens is 2. The lowest BCUT2D eigenvalue weighted by molar-refractivity contribution is 0.102. The van der Waals surface area contributed by atoms with Gasteiger partial charge in [0.15, 0.2) is 0 Å². The van der Waals surface area contributed by atoms with Crippen molar-refractivity contribution in [3.05, 3.63) is 54.1 Å². The third kappa shape index (κ3) is 2.67. The molecule has 0 saturated carbocycles. The minimum absolute atomic E-state index is 0.232. The van der Waals surface area contributed by atoms with Crippen LogP contribution in [0.15, 0.2) is 43.0 Å². The summed E-state index contributed by atoms with van der Waals surface area (Å²) in [6, 6.07) is 7.07. The zero-order chi connectivity index (χ0) is 13.0. The van der Waals surface area contributed by atoms with Crippen molar-refractivity contribution in [1.82, 2.24) is 9.97 Å². The number of nitrogens with zero attached hydrogens (tertiary/aromatic N) is 2. The molecule has 0 bridgehead atoms. The Labute approximate surface area is 109 Å². The summed E-state index contributed by atoms with van der Waals surface area (Å²) >= 11 is 4.92. The number of carbonyl (C=O) groups excluding carboxylic acids is 1. The standard InChI is InChI=1S/C12H10N4OS/c13-11(18)9-3-1-2-4-10(9)16-12(17)8-5-14-7-15-6-8/h1-7H,(H2,13,18)(H,16,17). The maximum Gasteiger partial charge on any atom is 0.258 e. The van der Waals surface area contributed by atoms with Gasteiger partial charge in [-0.3, -0.25) is 4.79 Å². The molecule has 1 heterocycles. The van der Waals surface area contributed by atoms with Crippen LogP contribution in [0.2, 0.25) is 0 Å². The Morgan fingerprint density at radius 1 is 1.22 bits per heavy atom. The van der Waals surface area contributed by atoms with Gasteiger partial charge in [-0.1, -0.05) is 24.4 Å². The average Bonchev–Trinajstić information content (AvgIpc) is 2.40. The molecule has 1 aromatic carbocycles. The van der Waals surface area contributed by atoms with Gasteiger partial charge in [0.25, 0.3) is 5.91 Å². The SMILES string of the molecule is NC(=S)c1ccccc1NC(=O)c1cncnc1. The van der Waals surface area contributed by atoms with Gasteiger partial charge in [-0.15, -0.1) is 0 Å². The molecule has 0 unspecified atom stereocenters. The number of benzene rings is 1. The first-order valence-corrected chi connectivity index (χ1v) is 5.54. The van der Waals surface area contributed by atoms with Gasteiger partial charge in [-0.2, -0.15) is 0 Å². The topological polar surface area (TPSA) is 80.9 Å². The molecule has 0 fully saturated rings. The van der Waals surface area contributed by atoms with E-state index in [0.717, 1.165) is 0 Å². The Kier molecular flexibility index (Phi) is 3.59. The molecule has 0 saturated heterocycles. The second-order valence-electron chi connectivity index (χ2n) is 3.49. The van der Waals surface area contributed by atoms with Crippen molar-refractivity contribution >= 4 is 28.8 Å². The Morgan fingerprint density at radius 2 is 1.89 bits per heavy atom. The maximum atomic E-state index is 11.9. The van der Waals surface area contributed by atoms with Crippen LogP contribution in [0, 0.1) is 0 Å². The molecule has 0 radical (unpaired) electrons. The van der Waals surface area contributed by atoms with Crippen LogP contribution in [-0.2, 0) is 0 Å². The van der Waals surface area contributed by atoms with E-state index in [2.05, 4.69) is 15.3 Å². The summed E-state index contributed by atoms with van der Waals surface area (Å²) < 4.78 is 0. The molecule has 2 aromatic rings. The number of hydrogen-bond acceptors (Lipinski definition) is 4. The van der Waals surface area contributed by atoms with Crippen LogP contribution in [0.25, 0.3) is 0 Å². The van der Waals surface area contributed by atoms with E-state index < -0.39 is 0 Å². The molecule has 0 aliphatic rings. The van der Waals surface area contributed by atoms with Crippen LogP contribution in [0.3, 0.4) is 0 Å². The quantitative estimate of drug-likeness (QED) is 0.812. The monoisotopic (exact) mass is 258 g/mol. The molecule has 0 spiro atoms. The van der Waals surface area contributed by atoms with Crippen LogP contribution in [-0.4, -0.2) is 20.9 Å². The third-order valence-corrected chi connectivity index (χ3v) is 2.48. The Bertz CT molecular complexity index is 586. The zero-order valence-corrected chi connectivity index (χ0v) is 10.1. The summed E-state index contributed by atoms with van der Waals surface area (Å²) in [6.07, 6.45) is 4.23. The van der Waals surface area contributed by atoms with Crippen molar-refractivity contribution in [1.29, 1.82) is 0 Å². The van der Waals surface area contributed by atoms with E-state index in [1.54, 1.807) is 24.3 Å². The average molecular weight is 258 g/mol. The highest BCUT2D eigenvalue weighted by Crippen LogP contribution is 2.15. The third-order valence-electron chi connectivity index (χ3n) is 2.26. The van der Waals surface area contributed by atoms with Crippen molar-refractivity contribution in [2.45, 2.75) is 0 Å². The van der Waals surface area contributed by atoms with Crippen LogP contribution >= 0.6 is 12.2 Å². The number of para-hydroxylation sites is 1. The fourth-order valence-corrected chi connectivity index (χ4v) is 1.60. The van der Waals surface area contributed by atoms with Crippen molar-refractivity contribution in [2.75, 3.05) is 5.32 Å². The summed E-state index contributed by atoms with van der Waals surface area (Å²) in [5, 5.41) is 2.72. The number of thiocarbonyl (C=S) groups is 1. The van der Waals surface area contributed by atoms with Crippen molar-refractivity contribution < 1.29 is 4.79 Å². The molecule has 3 N–H and O–H groups in total. The number of nitrogens with one attached hydrogen (secondary N) is 1. The summed E-state index contributed by atoms with van der Waals surface area (Å²) in [4.78, 5) is 19.7. The molecule has 18 heavy (non-hydrogen) atoms. The van der Waals surface area contributed by atoms with Gasteiger partial charge in [-0.05, 0) is 12.1 Å². The molecule has 1 amide bonds. The van der Waals surface area contributed by atoms with Crippen molar-refractivity contribution in [3.8, 4) is 0 Å². The second-order valence-corrected chi connectivity index (χ2v) is 3.93. The Morgan fingerprint density at radius 3 is 2.56 bits per heavy atom. The molecular formula is C12H10N4OS. The molecule has 2 rings (SSSR count). The van der Waals surface area contributed by atoms with E-state index >= 15 is 0 Å². The number of rotatable bonds is 3. The summed E-state index contributed by atoms with van der Waals surface area (Å²) in [5.41, 5.74) is 7.15. The van der Waals surface area contributed by atoms with Gasteiger partial charge in [0.1, 0.15) is 11.3 Å². The first kappa shape index (κ1) is 12.1. The van der Waals surface area contributed by atoms with Gasteiger partial charge in [0, 0.05) is 18.0 Å².